The van der Waals surface area contributed by atoms with Crippen molar-refractivity contribution in [2.45, 2.75) is 20.8 Å². The van der Waals surface area contributed by atoms with Gasteiger partial charge in [-0.15, -0.1) is 0 Å². The molecule has 4 rings (SSSR count). The number of halogens is 1. The lowest BCUT2D eigenvalue weighted by Crippen LogP contribution is -2.27. The molecule has 162 valence electrons. The van der Waals surface area contributed by atoms with Crippen LogP contribution in [0.15, 0.2) is 77.4 Å². The number of hydrogen-bond donors (Lipinski definition) is 1. The van der Waals surface area contributed by atoms with Crippen molar-refractivity contribution in [2.24, 2.45) is 5.41 Å². The van der Waals surface area contributed by atoms with E-state index in [4.69, 9.17) is 9.72 Å². The first kappa shape index (κ1) is 22.0. The van der Waals surface area contributed by atoms with Crippen LogP contribution in [0.25, 0.3) is 33.2 Å². The normalized spacial score (nSPS) is 11.4. The van der Waals surface area contributed by atoms with Crippen LogP contribution >= 0.6 is 15.9 Å². The Morgan fingerprint density at radius 2 is 1.62 bits per heavy atom. The molecule has 0 aliphatic heterocycles. The maximum atomic E-state index is 12.6. The van der Waals surface area contributed by atoms with E-state index in [1.807, 2.05) is 69.4 Å². The first-order valence-corrected chi connectivity index (χ1v) is 11.2. The molecule has 0 radical (unpaired) electrons. The van der Waals surface area contributed by atoms with Gasteiger partial charge in [-0.3, -0.25) is 9.78 Å². The number of amides is 1. The van der Waals surface area contributed by atoms with Crippen LogP contribution in [0.5, 0.6) is 5.75 Å². The second-order valence-electron chi connectivity index (χ2n) is 8.68. The zero-order valence-electron chi connectivity index (χ0n) is 18.6. The number of hydrogen-bond acceptors (Lipinski definition) is 3. The monoisotopic (exact) mass is 488 g/mol. The van der Waals surface area contributed by atoms with Crippen molar-refractivity contribution in [3.05, 3.63) is 77.4 Å². The van der Waals surface area contributed by atoms with Crippen LogP contribution in [-0.4, -0.2) is 18.0 Å². The molecule has 4 aromatic rings. The number of carbonyl (C=O) groups is 1. The van der Waals surface area contributed by atoms with Gasteiger partial charge in [-0.1, -0.05) is 69.3 Å². The highest BCUT2D eigenvalue weighted by Crippen LogP contribution is 2.41. The van der Waals surface area contributed by atoms with Gasteiger partial charge >= 0.3 is 0 Å². The minimum atomic E-state index is -0.491. The molecule has 0 aliphatic carbocycles. The second-order valence-corrected chi connectivity index (χ2v) is 9.53. The van der Waals surface area contributed by atoms with E-state index in [1.54, 1.807) is 7.11 Å². The number of rotatable bonds is 4. The van der Waals surface area contributed by atoms with Crippen LogP contribution < -0.4 is 10.1 Å². The van der Waals surface area contributed by atoms with Crippen molar-refractivity contribution >= 4 is 38.4 Å². The summed E-state index contributed by atoms with van der Waals surface area (Å²) in [6, 6.07) is 22.2. The maximum Gasteiger partial charge on any atom is 0.229 e. The zero-order chi connectivity index (χ0) is 22.9. The molecular formula is C27H25BrN2O2. The van der Waals surface area contributed by atoms with Gasteiger partial charge in [0, 0.05) is 33.8 Å². The van der Waals surface area contributed by atoms with Crippen LogP contribution in [-0.2, 0) is 4.79 Å². The standard InChI is InChI=1S/C27H25BrN2O2/c1-27(2,3)26(31)30-23-13-9-8-12-19(23)18-14-21-20(17-10-6-5-7-11-17)15-22(28)25(32-4)24(21)29-16-18/h5-16H,1-4H3,(H,30,31). The molecule has 1 aromatic heterocycles. The first-order valence-electron chi connectivity index (χ1n) is 10.4. The maximum absolute atomic E-state index is 12.6. The van der Waals surface area contributed by atoms with Crippen molar-refractivity contribution in [1.29, 1.82) is 0 Å². The summed E-state index contributed by atoms with van der Waals surface area (Å²) >= 11 is 3.63. The van der Waals surface area contributed by atoms with Gasteiger partial charge in [-0.2, -0.15) is 0 Å². The molecule has 0 saturated heterocycles. The number of para-hydroxylation sites is 1. The molecule has 5 heteroatoms. The van der Waals surface area contributed by atoms with E-state index < -0.39 is 5.41 Å². The Morgan fingerprint density at radius 3 is 2.31 bits per heavy atom. The van der Waals surface area contributed by atoms with Crippen molar-refractivity contribution in [3.8, 4) is 28.0 Å². The number of fused-ring (bicyclic) bond motifs is 1. The summed E-state index contributed by atoms with van der Waals surface area (Å²) in [4.78, 5) is 17.4. The van der Waals surface area contributed by atoms with E-state index in [0.717, 1.165) is 43.3 Å². The smallest absolute Gasteiger partial charge is 0.229 e. The summed E-state index contributed by atoms with van der Waals surface area (Å²) in [6.45, 7) is 5.70. The van der Waals surface area contributed by atoms with Crippen LogP contribution in [0.2, 0.25) is 0 Å². The minimum Gasteiger partial charge on any atom is -0.493 e. The van der Waals surface area contributed by atoms with E-state index in [9.17, 15) is 4.79 Å². The lowest BCUT2D eigenvalue weighted by molar-refractivity contribution is -0.123. The minimum absolute atomic E-state index is 0.0331. The van der Waals surface area contributed by atoms with Crippen LogP contribution in [0.3, 0.4) is 0 Å². The van der Waals surface area contributed by atoms with Gasteiger partial charge in [0.05, 0.1) is 11.6 Å². The van der Waals surface area contributed by atoms with Gasteiger partial charge in [0.25, 0.3) is 0 Å². The highest BCUT2D eigenvalue weighted by Gasteiger charge is 2.22. The summed E-state index contributed by atoms with van der Waals surface area (Å²) in [5.74, 6) is 0.662. The highest BCUT2D eigenvalue weighted by atomic mass is 79.9. The summed E-state index contributed by atoms with van der Waals surface area (Å²) < 4.78 is 6.49. The number of ether oxygens (including phenoxy) is 1. The summed E-state index contributed by atoms with van der Waals surface area (Å²) in [5, 5.41) is 4.05. The highest BCUT2D eigenvalue weighted by molar-refractivity contribution is 9.10. The molecule has 0 saturated carbocycles. The Bertz CT molecular complexity index is 1290. The van der Waals surface area contributed by atoms with E-state index in [-0.39, 0.29) is 5.91 Å². The van der Waals surface area contributed by atoms with E-state index in [2.05, 4.69) is 45.5 Å². The lowest BCUT2D eigenvalue weighted by atomic mass is 9.94. The van der Waals surface area contributed by atoms with Crippen LogP contribution in [0, 0.1) is 5.41 Å². The number of carbonyl (C=O) groups excluding carboxylic acids is 1. The average Bonchev–Trinajstić information content (AvgIpc) is 2.78. The molecule has 0 bridgehead atoms. The van der Waals surface area contributed by atoms with Crippen LogP contribution in [0.1, 0.15) is 20.8 Å². The second kappa shape index (κ2) is 8.75. The zero-order valence-corrected chi connectivity index (χ0v) is 20.2. The third kappa shape index (κ3) is 4.26. The van der Waals surface area contributed by atoms with Crippen molar-refractivity contribution in [1.82, 2.24) is 4.98 Å². The Morgan fingerprint density at radius 1 is 0.938 bits per heavy atom. The fourth-order valence-electron chi connectivity index (χ4n) is 3.59. The molecule has 1 heterocycles. The largest absolute Gasteiger partial charge is 0.493 e. The van der Waals surface area contributed by atoms with E-state index in [1.165, 1.54) is 0 Å². The predicted octanol–water partition coefficient (Wildman–Crippen LogP) is 7.32. The van der Waals surface area contributed by atoms with Gasteiger partial charge in [0.2, 0.25) is 5.91 Å². The molecule has 0 spiro atoms. The summed E-state index contributed by atoms with van der Waals surface area (Å²) in [5.41, 5.74) is 5.03. The number of pyridine rings is 1. The molecule has 0 unspecified atom stereocenters. The fourth-order valence-corrected chi connectivity index (χ4v) is 4.16. The number of nitrogens with zero attached hydrogens (tertiary/aromatic N) is 1. The number of anilines is 1. The molecule has 0 aliphatic rings. The van der Waals surface area contributed by atoms with Gasteiger partial charge in [0.15, 0.2) is 5.75 Å². The van der Waals surface area contributed by atoms with Gasteiger partial charge in [-0.25, -0.2) is 0 Å². The quantitative estimate of drug-likeness (QED) is 0.327. The number of methoxy groups -OCH3 is 1. The molecule has 3 aromatic carbocycles. The van der Waals surface area contributed by atoms with Gasteiger partial charge in [-0.05, 0) is 45.3 Å². The Labute approximate surface area is 196 Å². The molecular weight excluding hydrogens is 464 g/mol. The predicted molar refractivity (Wildman–Crippen MR) is 135 cm³/mol. The van der Waals surface area contributed by atoms with Crippen molar-refractivity contribution < 1.29 is 9.53 Å². The number of benzene rings is 3. The van der Waals surface area contributed by atoms with E-state index >= 15 is 0 Å². The van der Waals surface area contributed by atoms with Gasteiger partial charge in [0.1, 0.15) is 5.52 Å². The topological polar surface area (TPSA) is 51.2 Å². The summed E-state index contributed by atoms with van der Waals surface area (Å²) in [6.07, 6.45) is 1.83. The van der Waals surface area contributed by atoms with E-state index in [0.29, 0.717) is 5.75 Å². The average molecular weight is 489 g/mol. The third-order valence-corrected chi connectivity index (χ3v) is 5.93. The van der Waals surface area contributed by atoms with Crippen molar-refractivity contribution in [3.63, 3.8) is 0 Å². The molecule has 32 heavy (non-hydrogen) atoms. The number of nitrogens with one attached hydrogen (secondary N) is 1. The van der Waals surface area contributed by atoms with Crippen molar-refractivity contribution in [2.75, 3.05) is 12.4 Å². The van der Waals surface area contributed by atoms with Crippen LogP contribution in [0.4, 0.5) is 5.69 Å². The Hall–Kier alpha value is -3.18. The fraction of sp³-hybridized carbons (Fsp3) is 0.185. The number of aromatic nitrogens is 1. The molecule has 1 N–H and O–H groups in total. The first-order chi connectivity index (χ1) is 15.3. The molecule has 0 atom stereocenters. The molecule has 0 fully saturated rings. The molecule has 1 amide bonds. The lowest BCUT2D eigenvalue weighted by Gasteiger charge is -2.20. The third-order valence-electron chi connectivity index (χ3n) is 5.34. The SMILES string of the molecule is COc1c(Br)cc(-c2ccccc2)c2cc(-c3ccccc3NC(=O)C(C)(C)C)cnc12. The summed E-state index contributed by atoms with van der Waals surface area (Å²) in [7, 11) is 1.65. The molecule has 4 nitrogen and oxygen atoms in total. The Kier molecular flexibility index (Phi) is 6.02. The Balaban J connectivity index is 1.92. The van der Waals surface area contributed by atoms with Gasteiger partial charge < -0.3 is 10.1 Å².